The van der Waals surface area contributed by atoms with Crippen LogP contribution in [0.1, 0.15) is 43.7 Å². The molecule has 0 radical (unpaired) electrons. The van der Waals surface area contributed by atoms with E-state index in [0.717, 1.165) is 12.8 Å². The maximum Gasteiger partial charge on any atom is 0.323 e. The fourth-order valence-electron chi connectivity index (χ4n) is 3.64. The molecule has 0 bridgehead atoms. The minimum absolute atomic E-state index is 0.0227. The van der Waals surface area contributed by atoms with Crippen LogP contribution in [0.5, 0.6) is 0 Å². The first-order chi connectivity index (χ1) is 8.98. The van der Waals surface area contributed by atoms with Gasteiger partial charge in [-0.2, -0.15) is 0 Å². The zero-order chi connectivity index (χ0) is 13.7. The van der Waals surface area contributed by atoms with Crippen molar-refractivity contribution in [3.63, 3.8) is 0 Å². The van der Waals surface area contributed by atoms with Crippen LogP contribution in [0, 0.1) is 0 Å². The Hall–Kier alpha value is -1.61. The van der Waals surface area contributed by atoms with Gasteiger partial charge in [-0.05, 0) is 43.7 Å². The topological polar surface area (TPSA) is 63.3 Å². The number of carbonyl (C=O) groups is 1. The van der Waals surface area contributed by atoms with Crippen LogP contribution in [0.4, 0.5) is 0 Å². The Bertz CT molecular complexity index is 566. The molecule has 1 aromatic carbocycles. The Morgan fingerprint density at radius 3 is 2.47 bits per heavy atom. The minimum atomic E-state index is -1.04. The Balaban J connectivity index is 1.96. The lowest BCUT2D eigenvalue weighted by molar-refractivity contribution is -0.145. The van der Waals surface area contributed by atoms with Crippen LogP contribution in [-0.4, -0.2) is 16.6 Å². The smallest absolute Gasteiger partial charge is 0.323 e. The first kappa shape index (κ1) is 12.4. The van der Waals surface area contributed by atoms with E-state index in [4.69, 9.17) is 5.73 Å². The zero-order valence-electron chi connectivity index (χ0n) is 11.1. The summed E-state index contributed by atoms with van der Waals surface area (Å²) in [6.07, 6.45) is 4.98. The van der Waals surface area contributed by atoms with Crippen molar-refractivity contribution in [1.82, 2.24) is 0 Å². The molecule has 0 heterocycles. The van der Waals surface area contributed by atoms with Crippen molar-refractivity contribution >= 4 is 12.0 Å². The van der Waals surface area contributed by atoms with Gasteiger partial charge in [-0.3, -0.25) is 4.79 Å². The summed E-state index contributed by atoms with van der Waals surface area (Å²) in [6, 6.07) is 8.42. The molecule has 3 N–H and O–H groups in total. The summed E-state index contributed by atoms with van der Waals surface area (Å²) in [6.45, 7) is 2.16. The van der Waals surface area contributed by atoms with Crippen molar-refractivity contribution in [3.05, 3.63) is 41.0 Å². The lowest BCUT2D eigenvalue weighted by atomic mass is 9.63. The standard InChI is InChI=1S/C16H19NO2/c1-11-10-12-4-2-3-5-13(12)15(11)6-8-16(17,9-7-15)14(18)19/h2-5,10H,6-9,17H2,1H3,(H,18,19). The van der Waals surface area contributed by atoms with Gasteiger partial charge in [0.1, 0.15) is 5.54 Å². The fourth-order valence-corrected chi connectivity index (χ4v) is 3.64. The summed E-state index contributed by atoms with van der Waals surface area (Å²) < 4.78 is 0. The molecule has 0 aromatic heterocycles. The molecule has 0 aliphatic heterocycles. The summed E-state index contributed by atoms with van der Waals surface area (Å²) >= 11 is 0. The third kappa shape index (κ3) is 1.65. The van der Waals surface area contributed by atoms with E-state index < -0.39 is 11.5 Å². The molecule has 100 valence electrons. The lowest BCUT2D eigenvalue weighted by Gasteiger charge is -2.42. The SMILES string of the molecule is CC1=Cc2ccccc2C12CCC(N)(C(=O)O)CC2. The molecule has 0 atom stereocenters. The molecule has 3 rings (SSSR count). The molecule has 2 aliphatic carbocycles. The summed E-state index contributed by atoms with van der Waals surface area (Å²) in [7, 11) is 0. The highest BCUT2D eigenvalue weighted by Crippen LogP contribution is 2.52. The summed E-state index contributed by atoms with van der Waals surface area (Å²) in [5, 5.41) is 9.25. The van der Waals surface area contributed by atoms with E-state index in [0.29, 0.717) is 12.8 Å². The second-order valence-corrected chi connectivity index (χ2v) is 5.96. The second-order valence-electron chi connectivity index (χ2n) is 5.96. The van der Waals surface area contributed by atoms with Crippen molar-refractivity contribution in [3.8, 4) is 0 Å². The number of carboxylic acids is 1. The molecular formula is C16H19NO2. The predicted octanol–water partition coefficient (Wildman–Crippen LogP) is 2.70. The van der Waals surface area contributed by atoms with Gasteiger partial charge < -0.3 is 10.8 Å². The molecule has 1 saturated carbocycles. The normalized spacial score (nSPS) is 33.1. The molecular weight excluding hydrogens is 238 g/mol. The number of benzene rings is 1. The molecule has 3 heteroatoms. The molecule has 0 saturated heterocycles. The molecule has 3 nitrogen and oxygen atoms in total. The Morgan fingerprint density at radius 2 is 1.84 bits per heavy atom. The van der Waals surface area contributed by atoms with E-state index in [1.807, 2.05) is 0 Å². The zero-order valence-corrected chi connectivity index (χ0v) is 11.1. The van der Waals surface area contributed by atoms with Crippen LogP contribution < -0.4 is 5.73 Å². The number of allylic oxidation sites excluding steroid dienone is 1. The number of rotatable bonds is 1. The summed E-state index contributed by atoms with van der Waals surface area (Å²) in [5.74, 6) is -0.865. The molecule has 0 unspecified atom stereocenters. The van der Waals surface area contributed by atoms with Crippen molar-refractivity contribution in [2.24, 2.45) is 5.73 Å². The van der Waals surface area contributed by atoms with Gasteiger partial charge in [0, 0.05) is 5.41 Å². The summed E-state index contributed by atoms with van der Waals surface area (Å²) in [4.78, 5) is 11.3. The van der Waals surface area contributed by atoms with Crippen molar-refractivity contribution < 1.29 is 9.90 Å². The first-order valence-electron chi connectivity index (χ1n) is 6.79. The molecule has 19 heavy (non-hydrogen) atoms. The van der Waals surface area contributed by atoms with Crippen molar-refractivity contribution in [2.75, 3.05) is 0 Å². The lowest BCUT2D eigenvalue weighted by Crippen LogP contribution is -2.53. The van der Waals surface area contributed by atoms with Crippen LogP contribution in [0.25, 0.3) is 6.08 Å². The highest BCUT2D eigenvalue weighted by molar-refractivity contribution is 5.79. The van der Waals surface area contributed by atoms with E-state index in [-0.39, 0.29) is 5.41 Å². The molecule has 2 aliphatic rings. The monoisotopic (exact) mass is 257 g/mol. The molecule has 1 spiro atoms. The number of aliphatic carboxylic acids is 1. The fraction of sp³-hybridized carbons (Fsp3) is 0.438. The van der Waals surface area contributed by atoms with Gasteiger partial charge in [0.15, 0.2) is 0 Å². The van der Waals surface area contributed by atoms with Crippen LogP contribution in [0.3, 0.4) is 0 Å². The molecule has 1 fully saturated rings. The van der Waals surface area contributed by atoms with E-state index in [2.05, 4.69) is 37.3 Å². The largest absolute Gasteiger partial charge is 0.480 e. The Labute approximate surface area is 113 Å². The number of fused-ring (bicyclic) bond motifs is 2. The van der Waals surface area contributed by atoms with Crippen LogP contribution in [0.2, 0.25) is 0 Å². The average Bonchev–Trinajstić information content (AvgIpc) is 2.66. The van der Waals surface area contributed by atoms with Gasteiger partial charge in [0.25, 0.3) is 0 Å². The number of hydrogen-bond donors (Lipinski definition) is 2. The van der Waals surface area contributed by atoms with Gasteiger partial charge in [0.05, 0.1) is 0 Å². The van der Waals surface area contributed by atoms with Crippen LogP contribution >= 0.6 is 0 Å². The maximum absolute atomic E-state index is 11.3. The first-order valence-corrected chi connectivity index (χ1v) is 6.79. The van der Waals surface area contributed by atoms with E-state index in [1.54, 1.807) is 0 Å². The van der Waals surface area contributed by atoms with Gasteiger partial charge in [-0.25, -0.2) is 0 Å². The van der Waals surface area contributed by atoms with Gasteiger partial charge >= 0.3 is 5.97 Å². The van der Waals surface area contributed by atoms with Crippen molar-refractivity contribution in [2.45, 2.75) is 43.6 Å². The van der Waals surface area contributed by atoms with Crippen molar-refractivity contribution in [1.29, 1.82) is 0 Å². The van der Waals surface area contributed by atoms with Gasteiger partial charge in [-0.1, -0.05) is 35.9 Å². The quantitative estimate of drug-likeness (QED) is 0.813. The number of nitrogens with two attached hydrogens (primary N) is 1. The highest BCUT2D eigenvalue weighted by atomic mass is 16.4. The number of carboxylic acid groups (broad SMARTS) is 1. The molecule has 0 amide bonds. The maximum atomic E-state index is 11.3. The van der Waals surface area contributed by atoms with E-state index in [1.165, 1.54) is 16.7 Å². The Kier molecular flexibility index (Phi) is 2.58. The third-order valence-corrected chi connectivity index (χ3v) is 5.02. The Morgan fingerprint density at radius 1 is 1.21 bits per heavy atom. The van der Waals surface area contributed by atoms with Gasteiger partial charge in [0.2, 0.25) is 0 Å². The minimum Gasteiger partial charge on any atom is -0.480 e. The highest BCUT2D eigenvalue weighted by Gasteiger charge is 2.48. The summed E-state index contributed by atoms with van der Waals surface area (Å²) in [5.41, 5.74) is 8.96. The van der Waals surface area contributed by atoms with E-state index in [9.17, 15) is 9.90 Å². The van der Waals surface area contributed by atoms with E-state index >= 15 is 0 Å². The molecule has 1 aromatic rings. The number of hydrogen-bond acceptors (Lipinski definition) is 2. The third-order valence-electron chi connectivity index (χ3n) is 5.02. The van der Waals surface area contributed by atoms with Crippen LogP contribution in [-0.2, 0) is 10.2 Å². The van der Waals surface area contributed by atoms with Gasteiger partial charge in [-0.15, -0.1) is 0 Å². The predicted molar refractivity (Wildman–Crippen MR) is 74.8 cm³/mol. The average molecular weight is 257 g/mol. The van der Waals surface area contributed by atoms with Crippen LogP contribution in [0.15, 0.2) is 29.8 Å². The second kappa shape index (κ2) is 3.94.